The van der Waals surface area contributed by atoms with E-state index in [1.165, 1.54) is 0 Å². The molecule has 82 valence electrons. The maximum Gasteiger partial charge on any atom is 0.318 e. The van der Waals surface area contributed by atoms with E-state index >= 15 is 0 Å². The molecule has 4 heteroatoms. The van der Waals surface area contributed by atoms with E-state index in [0.29, 0.717) is 6.04 Å². The first-order valence-electron chi connectivity index (χ1n) is 5.23. The molecule has 0 aliphatic carbocycles. The van der Waals surface area contributed by atoms with Gasteiger partial charge >= 0.3 is 6.03 Å². The summed E-state index contributed by atoms with van der Waals surface area (Å²) in [6, 6.07) is 0.425. The predicted molar refractivity (Wildman–Crippen MR) is 57.3 cm³/mol. The lowest BCUT2D eigenvalue weighted by molar-refractivity contribution is 0.147. The van der Waals surface area contributed by atoms with Crippen LogP contribution in [0.15, 0.2) is 0 Å². The molecule has 0 aromatic carbocycles. The molecule has 0 aromatic rings. The van der Waals surface area contributed by atoms with E-state index in [9.17, 15) is 4.79 Å². The van der Waals surface area contributed by atoms with Crippen LogP contribution in [0, 0.1) is 0 Å². The molecular weight excluding hydrogens is 178 g/mol. The molecule has 2 amide bonds. The number of rotatable bonds is 2. The Labute approximate surface area is 86.0 Å². The minimum Gasteiger partial charge on any atom is -0.333 e. The number of hydrogen-bond donors (Lipinski definition) is 2. The van der Waals surface area contributed by atoms with E-state index in [1.54, 1.807) is 0 Å². The molecule has 1 aliphatic heterocycles. The Morgan fingerprint density at radius 2 is 2.07 bits per heavy atom. The van der Waals surface area contributed by atoms with Gasteiger partial charge in [-0.15, -0.1) is 0 Å². The fourth-order valence-corrected chi connectivity index (χ4v) is 1.45. The average Bonchev–Trinajstić information content (AvgIpc) is 1.92. The highest BCUT2D eigenvalue weighted by Gasteiger charge is 2.28. The SMILES string of the molecule is CCN(C(=O)NC(C)(C)C)C1CNC1. The molecule has 1 heterocycles. The van der Waals surface area contributed by atoms with Gasteiger partial charge in [0, 0.05) is 25.2 Å². The Morgan fingerprint density at radius 3 is 2.36 bits per heavy atom. The topological polar surface area (TPSA) is 44.4 Å². The molecule has 0 unspecified atom stereocenters. The second kappa shape index (κ2) is 4.17. The van der Waals surface area contributed by atoms with Crippen LogP contribution < -0.4 is 10.6 Å². The average molecular weight is 199 g/mol. The number of nitrogens with one attached hydrogen (secondary N) is 2. The van der Waals surface area contributed by atoms with Crippen LogP contribution in [0.5, 0.6) is 0 Å². The Hall–Kier alpha value is -0.770. The van der Waals surface area contributed by atoms with Crippen LogP contribution in [-0.2, 0) is 0 Å². The van der Waals surface area contributed by atoms with E-state index < -0.39 is 0 Å². The molecular formula is C10H21N3O. The summed E-state index contributed by atoms with van der Waals surface area (Å²) in [5, 5.41) is 6.15. The van der Waals surface area contributed by atoms with Crippen molar-refractivity contribution >= 4 is 6.03 Å². The van der Waals surface area contributed by atoms with Crippen LogP contribution in [0.4, 0.5) is 4.79 Å². The largest absolute Gasteiger partial charge is 0.333 e. The Bertz CT molecular complexity index is 206. The predicted octanol–water partition coefficient (Wildman–Crippen LogP) is 0.788. The zero-order valence-electron chi connectivity index (χ0n) is 9.55. The van der Waals surface area contributed by atoms with Crippen LogP contribution in [0.25, 0.3) is 0 Å². The first kappa shape index (κ1) is 11.3. The van der Waals surface area contributed by atoms with Gasteiger partial charge < -0.3 is 15.5 Å². The van der Waals surface area contributed by atoms with Crippen LogP contribution in [0.3, 0.4) is 0 Å². The monoisotopic (exact) mass is 199 g/mol. The molecule has 0 bridgehead atoms. The minimum atomic E-state index is -0.151. The van der Waals surface area contributed by atoms with Gasteiger partial charge in [-0.1, -0.05) is 0 Å². The van der Waals surface area contributed by atoms with Gasteiger partial charge in [-0.05, 0) is 27.7 Å². The lowest BCUT2D eigenvalue weighted by Gasteiger charge is -2.39. The highest BCUT2D eigenvalue weighted by molar-refractivity contribution is 5.75. The summed E-state index contributed by atoms with van der Waals surface area (Å²) < 4.78 is 0. The van der Waals surface area contributed by atoms with E-state index in [2.05, 4.69) is 10.6 Å². The molecule has 1 rings (SSSR count). The molecule has 0 radical (unpaired) electrons. The van der Waals surface area contributed by atoms with E-state index in [1.807, 2.05) is 32.6 Å². The first-order valence-corrected chi connectivity index (χ1v) is 5.23. The summed E-state index contributed by atoms with van der Waals surface area (Å²) in [7, 11) is 0. The summed E-state index contributed by atoms with van der Waals surface area (Å²) in [6.07, 6.45) is 0. The standard InChI is InChI=1S/C10H21N3O/c1-5-13(8-6-11-7-8)9(14)12-10(2,3)4/h8,11H,5-7H2,1-4H3,(H,12,14). The van der Waals surface area contributed by atoms with E-state index in [0.717, 1.165) is 19.6 Å². The van der Waals surface area contributed by atoms with E-state index in [4.69, 9.17) is 0 Å². The van der Waals surface area contributed by atoms with Gasteiger partial charge in [0.05, 0.1) is 6.04 Å². The first-order chi connectivity index (χ1) is 6.44. The maximum absolute atomic E-state index is 11.8. The van der Waals surface area contributed by atoms with Crippen molar-refractivity contribution < 1.29 is 4.79 Å². The van der Waals surface area contributed by atoms with E-state index in [-0.39, 0.29) is 11.6 Å². The quantitative estimate of drug-likeness (QED) is 0.690. The van der Waals surface area contributed by atoms with Crippen molar-refractivity contribution in [1.29, 1.82) is 0 Å². The van der Waals surface area contributed by atoms with Crippen molar-refractivity contribution in [3.63, 3.8) is 0 Å². The van der Waals surface area contributed by atoms with Crippen molar-refractivity contribution in [2.75, 3.05) is 19.6 Å². The molecule has 0 aromatic heterocycles. The second-order valence-corrected chi connectivity index (χ2v) is 4.78. The number of nitrogens with zero attached hydrogens (tertiary/aromatic N) is 1. The van der Waals surface area contributed by atoms with Crippen molar-refractivity contribution in [1.82, 2.24) is 15.5 Å². The summed E-state index contributed by atoms with van der Waals surface area (Å²) in [5.41, 5.74) is -0.151. The molecule has 14 heavy (non-hydrogen) atoms. The molecule has 1 saturated heterocycles. The van der Waals surface area contributed by atoms with Gasteiger partial charge in [-0.3, -0.25) is 0 Å². The third-order valence-corrected chi connectivity index (χ3v) is 2.28. The molecule has 0 spiro atoms. The van der Waals surface area contributed by atoms with Gasteiger partial charge in [-0.25, -0.2) is 4.79 Å². The van der Waals surface area contributed by atoms with Crippen LogP contribution in [0.2, 0.25) is 0 Å². The zero-order valence-corrected chi connectivity index (χ0v) is 9.55. The fraction of sp³-hybridized carbons (Fsp3) is 0.900. The number of carbonyl (C=O) groups is 1. The number of hydrogen-bond acceptors (Lipinski definition) is 2. The Balaban J connectivity index is 2.47. The normalized spacial score (nSPS) is 17.4. The second-order valence-electron chi connectivity index (χ2n) is 4.78. The van der Waals surface area contributed by atoms with Gasteiger partial charge in [0.2, 0.25) is 0 Å². The molecule has 0 atom stereocenters. The lowest BCUT2D eigenvalue weighted by Crippen LogP contribution is -2.62. The molecule has 2 N–H and O–H groups in total. The maximum atomic E-state index is 11.8. The Kier molecular flexibility index (Phi) is 3.37. The lowest BCUT2D eigenvalue weighted by atomic mass is 10.1. The van der Waals surface area contributed by atoms with Gasteiger partial charge in [-0.2, -0.15) is 0 Å². The molecule has 1 fully saturated rings. The van der Waals surface area contributed by atoms with Crippen LogP contribution in [0.1, 0.15) is 27.7 Å². The van der Waals surface area contributed by atoms with Crippen molar-refractivity contribution in [3.8, 4) is 0 Å². The van der Waals surface area contributed by atoms with Gasteiger partial charge in [0.1, 0.15) is 0 Å². The molecule has 1 aliphatic rings. The summed E-state index contributed by atoms with van der Waals surface area (Å²) >= 11 is 0. The highest BCUT2D eigenvalue weighted by atomic mass is 16.2. The third kappa shape index (κ3) is 2.87. The number of urea groups is 1. The van der Waals surface area contributed by atoms with Gasteiger partial charge in [0.25, 0.3) is 0 Å². The summed E-state index contributed by atoms with van der Waals surface area (Å²) in [5.74, 6) is 0. The Morgan fingerprint density at radius 1 is 1.50 bits per heavy atom. The smallest absolute Gasteiger partial charge is 0.318 e. The third-order valence-electron chi connectivity index (χ3n) is 2.28. The minimum absolute atomic E-state index is 0.0477. The molecule has 0 saturated carbocycles. The fourth-order valence-electron chi connectivity index (χ4n) is 1.45. The number of likely N-dealkylation sites (N-methyl/N-ethyl adjacent to an activating group) is 1. The van der Waals surface area contributed by atoms with Crippen LogP contribution in [-0.4, -0.2) is 42.1 Å². The van der Waals surface area contributed by atoms with Crippen molar-refractivity contribution in [3.05, 3.63) is 0 Å². The number of carbonyl (C=O) groups excluding carboxylic acids is 1. The van der Waals surface area contributed by atoms with Crippen molar-refractivity contribution in [2.24, 2.45) is 0 Å². The van der Waals surface area contributed by atoms with Gasteiger partial charge in [0.15, 0.2) is 0 Å². The van der Waals surface area contributed by atoms with Crippen LogP contribution >= 0.6 is 0 Å². The summed E-state index contributed by atoms with van der Waals surface area (Å²) in [6.45, 7) is 10.6. The van der Waals surface area contributed by atoms with Crippen molar-refractivity contribution in [2.45, 2.75) is 39.3 Å². The number of amides is 2. The molecule has 4 nitrogen and oxygen atoms in total. The summed E-state index contributed by atoms with van der Waals surface area (Å²) in [4.78, 5) is 13.7. The highest BCUT2D eigenvalue weighted by Crippen LogP contribution is 2.07. The zero-order chi connectivity index (χ0) is 10.8.